The smallest absolute Gasteiger partial charge is 0.325 e. The summed E-state index contributed by atoms with van der Waals surface area (Å²) in [5, 5.41) is 2.75. The number of hydrogen-bond donors (Lipinski definition) is 1. The van der Waals surface area contributed by atoms with Crippen molar-refractivity contribution in [3.63, 3.8) is 0 Å². The third-order valence-corrected chi connectivity index (χ3v) is 6.03. The summed E-state index contributed by atoms with van der Waals surface area (Å²) < 4.78 is 5.15. The molecule has 8 heteroatoms. The molecule has 0 unspecified atom stereocenters. The van der Waals surface area contributed by atoms with Crippen LogP contribution < -0.4 is 10.1 Å². The van der Waals surface area contributed by atoms with E-state index < -0.39 is 17.5 Å². The Morgan fingerprint density at radius 3 is 2.41 bits per heavy atom. The lowest BCUT2D eigenvalue weighted by molar-refractivity contribution is -0.140. The van der Waals surface area contributed by atoms with Crippen LogP contribution in [-0.2, 0) is 15.1 Å². The molecule has 2 heterocycles. The second-order valence-corrected chi connectivity index (χ2v) is 7.89. The minimum absolute atomic E-state index is 0.150. The number of carbonyl (C=O) groups excluding carboxylic acids is 3. The van der Waals surface area contributed by atoms with Crippen molar-refractivity contribution in [1.82, 2.24) is 20.0 Å². The van der Waals surface area contributed by atoms with E-state index in [1.54, 1.807) is 43.2 Å². The first-order valence-corrected chi connectivity index (χ1v) is 10.1. The van der Waals surface area contributed by atoms with Crippen LogP contribution >= 0.6 is 0 Å². The average Bonchev–Trinajstić information content (AvgIpc) is 2.94. The molecule has 8 nitrogen and oxygen atoms in total. The number of ether oxygens (including phenoxy) is 1. The number of carbonyl (C=O) groups is 3. The van der Waals surface area contributed by atoms with Crippen molar-refractivity contribution < 1.29 is 19.1 Å². The van der Waals surface area contributed by atoms with Gasteiger partial charge in [0, 0.05) is 12.6 Å². The van der Waals surface area contributed by atoms with Crippen LogP contribution in [0.4, 0.5) is 4.79 Å². The van der Waals surface area contributed by atoms with Gasteiger partial charge in [-0.25, -0.2) is 4.79 Å². The van der Waals surface area contributed by atoms with Gasteiger partial charge in [0.15, 0.2) is 0 Å². The van der Waals surface area contributed by atoms with E-state index in [2.05, 4.69) is 17.3 Å². The van der Waals surface area contributed by atoms with Crippen LogP contribution in [-0.4, -0.2) is 78.9 Å². The molecule has 1 N–H and O–H groups in total. The number of imide groups is 1. The van der Waals surface area contributed by atoms with Gasteiger partial charge in [-0.1, -0.05) is 12.1 Å². The number of methoxy groups -OCH3 is 1. The maximum Gasteiger partial charge on any atom is 0.325 e. The molecule has 2 saturated heterocycles. The van der Waals surface area contributed by atoms with Crippen molar-refractivity contribution in [3.8, 4) is 5.75 Å². The van der Waals surface area contributed by atoms with Gasteiger partial charge < -0.3 is 19.9 Å². The average molecular weight is 402 g/mol. The zero-order valence-corrected chi connectivity index (χ0v) is 17.6. The summed E-state index contributed by atoms with van der Waals surface area (Å²) in [6, 6.07) is 6.59. The Labute approximate surface area is 171 Å². The van der Waals surface area contributed by atoms with E-state index >= 15 is 0 Å². The molecule has 0 spiro atoms. The molecule has 0 saturated carbocycles. The Morgan fingerprint density at radius 1 is 1.24 bits per heavy atom. The molecule has 1 aromatic carbocycles. The number of nitrogens with zero attached hydrogens (tertiary/aromatic N) is 3. The molecule has 4 amide bonds. The second kappa shape index (κ2) is 8.41. The minimum atomic E-state index is -1.20. The first-order valence-electron chi connectivity index (χ1n) is 10.1. The van der Waals surface area contributed by atoms with Gasteiger partial charge in [-0.05, 0) is 64.5 Å². The molecule has 3 rings (SSSR count). The molecule has 0 radical (unpaired) electrons. The van der Waals surface area contributed by atoms with Gasteiger partial charge in [-0.2, -0.15) is 0 Å². The summed E-state index contributed by atoms with van der Waals surface area (Å²) in [5.74, 6) is 0.0582. The van der Waals surface area contributed by atoms with Crippen LogP contribution in [0.2, 0.25) is 0 Å². The molecular formula is C21H30N4O4. The highest BCUT2D eigenvalue weighted by atomic mass is 16.5. The maximum absolute atomic E-state index is 13.1. The molecule has 1 atom stereocenters. The van der Waals surface area contributed by atoms with Crippen molar-refractivity contribution in [1.29, 1.82) is 0 Å². The van der Waals surface area contributed by atoms with E-state index in [-0.39, 0.29) is 18.5 Å². The van der Waals surface area contributed by atoms with Crippen LogP contribution in [0.5, 0.6) is 5.75 Å². The van der Waals surface area contributed by atoms with Crippen LogP contribution in [0.3, 0.4) is 0 Å². The lowest BCUT2D eigenvalue weighted by Crippen LogP contribution is -2.50. The van der Waals surface area contributed by atoms with Gasteiger partial charge in [-0.15, -0.1) is 0 Å². The first-order chi connectivity index (χ1) is 13.8. The molecule has 2 fully saturated rings. The highest BCUT2D eigenvalue weighted by molar-refractivity contribution is 6.09. The lowest BCUT2D eigenvalue weighted by atomic mass is 9.92. The van der Waals surface area contributed by atoms with Gasteiger partial charge in [0.2, 0.25) is 5.91 Å². The number of likely N-dealkylation sites (tertiary alicyclic amines) is 1. The number of hydrogen-bond acceptors (Lipinski definition) is 5. The van der Waals surface area contributed by atoms with Gasteiger partial charge >= 0.3 is 6.03 Å². The van der Waals surface area contributed by atoms with Crippen molar-refractivity contribution in [3.05, 3.63) is 29.8 Å². The highest BCUT2D eigenvalue weighted by Crippen LogP contribution is 2.30. The van der Waals surface area contributed by atoms with E-state index in [0.717, 1.165) is 30.8 Å². The van der Waals surface area contributed by atoms with E-state index in [0.29, 0.717) is 17.9 Å². The summed E-state index contributed by atoms with van der Waals surface area (Å²) in [6.45, 7) is 5.79. The van der Waals surface area contributed by atoms with Crippen LogP contribution in [0.1, 0.15) is 32.3 Å². The number of amides is 4. The summed E-state index contributed by atoms with van der Waals surface area (Å²) in [7, 11) is 3.64. The van der Waals surface area contributed by atoms with Crippen molar-refractivity contribution in [2.45, 2.75) is 38.3 Å². The Hall–Kier alpha value is -2.61. The standard InChI is InChI=1S/C21H30N4O4/c1-5-24(16-10-12-23(3)13-11-16)18(26)14-25-19(27)21(2,22-20(25)28)15-6-8-17(29-4)9-7-15/h6-9,16H,5,10-14H2,1-4H3,(H,22,28)/t21-/m1/s1. The maximum atomic E-state index is 13.1. The number of benzene rings is 1. The van der Waals surface area contributed by atoms with E-state index in [4.69, 9.17) is 4.74 Å². The lowest BCUT2D eigenvalue weighted by Gasteiger charge is -2.37. The second-order valence-electron chi connectivity index (χ2n) is 7.89. The zero-order valence-electron chi connectivity index (χ0n) is 17.6. The fraction of sp³-hybridized carbons (Fsp3) is 0.571. The van der Waals surface area contributed by atoms with E-state index in [9.17, 15) is 14.4 Å². The topological polar surface area (TPSA) is 82.2 Å². The number of likely N-dealkylation sites (N-methyl/N-ethyl adjacent to an activating group) is 1. The number of urea groups is 1. The fourth-order valence-corrected chi connectivity index (χ4v) is 4.13. The number of nitrogens with one attached hydrogen (secondary N) is 1. The van der Waals surface area contributed by atoms with Crippen molar-refractivity contribution in [2.24, 2.45) is 0 Å². The third-order valence-electron chi connectivity index (χ3n) is 6.03. The molecule has 1 aromatic rings. The molecule has 2 aliphatic rings. The Morgan fingerprint density at radius 2 is 1.86 bits per heavy atom. The van der Waals surface area contributed by atoms with E-state index in [1.807, 2.05) is 6.92 Å². The predicted octanol–water partition coefficient (Wildman–Crippen LogP) is 1.40. The fourth-order valence-electron chi connectivity index (χ4n) is 4.13. The SMILES string of the molecule is CCN(C(=O)CN1C(=O)N[C@](C)(c2ccc(OC)cc2)C1=O)C1CCN(C)CC1. The van der Waals surface area contributed by atoms with Crippen LogP contribution in [0, 0.1) is 0 Å². The summed E-state index contributed by atoms with van der Waals surface area (Å²) in [4.78, 5) is 43.7. The van der Waals surface area contributed by atoms with Gasteiger partial charge in [-0.3, -0.25) is 14.5 Å². The Bertz CT molecular complexity index is 773. The van der Waals surface area contributed by atoms with Gasteiger partial charge in [0.1, 0.15) is 17.8 Å². The minimum Gasteiger partial charge on any atom is -0.497 e. The van der Waals surface area contributed by atoms with Gasteiger partial charge in [0.05, 0.1) is 7.11 Å². The predicted molar refractivity (Wildman–Crippen MR) is 108 cm³/mol. The number of rotatable bonds is 6. The normalized spacial score (nSPS) is 23.2. The van der Waals surface area contributed by atoms with Crippen LogP contribution in [0.25, 0.3) is 0 Å². The third kappa shape index (κ3) is 4.07. The number of piperidine rings is 1. The molecule has 0 aliphatic carbocycles. The summed E-state index contributed by atoms with van der Waals surface area (Å²) in [6.07, 6.45) is 1.81. The molecule has 0 bridgehead atoms. The zero-order chi connectivity index (χ0) is 21.2. The summed E-state index contributed by atoms with van der Waals surface area (Å²) >= 11 is 0. The molecule has 2 aliphatic heterocycles. The molecular weight excluding hydrogens is 372 g/mol. The molecule has 158 valence electrons. The van der Waals surface area contributed by atoms with Crippen LogP contribution in [0.15, 0.2) is 24.3 Å². The highest BCUT2D eigenvalue weighted by Gasteiger charge is 2.49. The van der Waals surface area contributed by atoms with E-state index in [1.165, 1.54) is 0 Å². The molecule has 29 heavy (non-hydrogen) atoms. The first kappa shape index (κ1) is 21.1. The van der Waals surface area contributed by atoms with Crippen molar-refractivity contribution >= 4 is 17.8 Å². The molecule has 0 aromatic heterocycles. The van der Waals surface area contributed by atoms with Crippen molar-refractivity contribution in [2.75, 3.05) is 40.3 Å². The quantitative estimate of drug-likeness (QED) is 0.728. The largest absolute Gasteiger partial charge is 0.497 e. The Balaban J connectivity index is 1.72. The monoisotopic (exact) mass is 402 g/mol. The summed E-state index contributed by atoms with van der Waals surface area (Å²) in [5.41, 5.74) is -0.553. The van der Waals surface area contributed by atoms with Gasteiger partial charge in [0.25, 0.3) is 5.91 Å². The Kier molecular flexibility index (Phi) is 6.12.